The topological polar surface area (TPSA) is 80.4 Å². The number of carboxylic acids is 1. The molecule has 0 heterocycles. The Morgan fingerprint density at radius 1 is 1.06 bits per heavy atom. The lowest BCUT2D eigenvalue weighted by Crippen LogP contribution is -2.04. The van der Waals surface area contributed by atoms with Crippen LogP contribution in [0.3, 0.4) is 0 Å². The standard InChI is InChI=1S/C13H9NO4/c15-13(16)12-10(9-5-2-1-3-6-9)7-4-8-11(12)14(17)18/h1-8H,(H,15,16). The van der Waals surface area contributed by atoms with Crippen molar-refractivity contribution in [2.45, 2.75) is 0 Å². The van der Waals surface area contributed by atoms with Gasteiger partial charge in [-0.05, 0) is 5.56 Å². The molecule has 0 spiro atoms. The Hall–Kier alpha value is -2.69. The summed E-state index contributed by atoms with van der Waals surface area (Å²) >= 11 is 0. The van der Waals surface area contributed by atoms with Crippen LogP contribution in [0.1, 0.15) is 10.4 Å². The highest BCUT2D eigenvalue weighted by molar-refractivity contribution is 6.00. The zero-order valence-electron chi connectivity index (χ0n) is 9.24. The first kappa shape index (κ1) is 11.8. The second-order valence-corrected chi connectivity index (χ2v) is 3.63. The van der Waals surface area contributed by atoms with Gasteiger partial charge in [0.25, 0.3) is 5.69 Å². The Morgan fingerprint density at radius 3 is 2.28 bits per heavy atom. The summed E-state index contributed by atoms with van der Waals surface area (Å²) < 4.78 is 0. The first-order chi connectivity index (χ1) is 8.61. The first-order valence-corrected chi connectivity index (χ1v) is 5.17. The molecule has 0 bridgehead atoms. The van der Waals surface area contributed by atoms with Gasteiger partial charge in [0, 0.05) is 11.6 Å². The lowest BCUT2D eigenvalue weighted by atomic mass is 9.98. The molecule has 90 valence electrons. The molecule has 0 aromatic heterocycles. The van der Waals surface area contributed by atoms with E-state index < -0.39 is 16.6 Å². The van der Waals surface area contributed by atoms with Crippen molar-refractivity contribution in [3.63, 3.8) is 0 Å². The van der Waals surface area contributed by atoms with Gasteiger partial charge in [-0.2, -0.15) is 0 Å². The summed E-state index contributed by atoms with van der Waals surface area (Å²) in [7, 11) is 0. The van der Waals surface area contributed by atoms with Crippen LogP contribution in [0.25, 0.3) is 11.1 Å². The lowest BCUT2D eigenvalue weighted by molar-refractivity contribution is -0.385. The molecule has 5 nitrogen and oxygen atoms in total. The molecule has 0 saturated carbocycles. The Morgan fingerprint density at radius 2 is 1.72 bits per heavy atom. The highest BCUT2D eigenvalue weighted by Gasteiger charge is 2.23. The highest BCUT2D eigenvalue weighted by Crippen LogP contribution is 2.30. The summed E-state index contributed by atoms with van der Waals surface area (Å²) in [6.07, 6.45) is 0. The van der Waals surface area contributed by atoms with Crippen LogP contribution in [0.15, 0.2) is 48.5 Å². The van der Waals surface area contributed by atoms with Gasteiger partial charge in [0.05, 0.1) is 4.92 Å². The SMILES string of the molecule is O=C(O)c1c(-c2ccccc2)cccc1[N+](=O)[O-]. The smallest absolute Gasteiger partial charge is 0.343 e. The number of carboxylic acid groups (broad SMARTS) is 1. The number of hydrogen-bond acceptors (Lipinski definition) is 3. The van der Waals surface area contributed by atoms with E-state index in [1.54, 1.807) is 36.4 Å². The number of benzene rings is 2. The van der Waals surface area contributed by atoms with E-state index in [-0.39, 0.29) is 5.56 Å². The normalized spacial score (nSPS) is 10.0. The number of nitro benzene ring substituents is 1. The molecule has 0 unspecified atom stereocenters. The molecule has 1 N–H and O–H groups in total. The van der Waals surface area contributed by atoms with Crippen LogP contribution in [0.4, 0.5) is 5.69 Å². The van der Waals surface area contributed by atoms with Crippen molar-refractivity contribution in [3.8, 4) is 11.1 Å². The maximum Gasteiger partial charge on any atom is 0.343 e. The van der Waals surface area contributed by atoms with Gasteiger partial charge >= 0.3 is 5.97 Å². The molecule has 0 aliphatic carbocycles. The molecule has 2 aromatic carbocycles. The van der Waals surface area contributed by atoms with Crippen LogP contribution in [-0.4, -0.2) is 16.0 Å². The summed E-state index contributed by atoms with van der Waals surface area (Å²) in [4.78, 5) is 21.4. The maximum absolute atomic E-state index is 11.2. The van der Waals surface area contributed by atoms with Crippen LogP contribution < -0.4 is 0 Å². The largest absolute Gasteiger partial charge is 0.477 e. The molecule has 0 amide bonds. The quantitative estimate of drug-likeness (QED) is 0.663. The fraction of sp³-hybridized carbons (Fsp3) is 0. The third kappa shape index (κ3) is 2.06. The number of nitro groups is 1. The molecule has 0 saturated heterocycles. The van der Waals surface area contributed by atoms with E-state index in [0.29, 0.717) is 11.1 Å². The van der Waals surface area contributed by atoms with Gasteiger partial charge in [-0.15, -0.1) is 0 Å². The molecule has 2 aromatic rings. The van der Waals surface area contributed by atoms with Crippen molar-refractivity contribution in [3.05, 3.63) is 64.2 Å². The fourth-order valence-corrected chi connectivity index (χ4v) is 1.78. The minimum absolute atomic E-state index is 0.284. The van der Waals surface area contributed by atoms with E-state index in [1.807, 2.05) is 0 Å². The second-order valence-electron chi connectivity index (χ2n) is 3.63. The summed E-state index contributed by atoms with van der Waals surface area (Å²) in [5, 5.41) is 20.0. The zero-order valence-corrected chi connectivity index (χ0v) is 9.24. The van der Waals surface area contributed by atoms with Gasteiger partial charge in [0.1, 0.15) is 5.56 Å². The van der Waals surface area contributed by atoms with Gasteiger partial charge < -0.3 is 5.11 Å². The van der Waals surface area contributed by atoms with Gasteiger partial charge in [-0.1, -0.05) is 42.5 Å². The first-order valence-electron chi connectivity index (χ1n) is 5.17. The molecule has 2 rings (SSSR count). The second kappa shape index (κ2) is 4.67. The third-order valence-corrected chi connectivity index (χ3v) is 2.54. The Balaban J connectivity index is 2.72. The number of carbonyl (C=O) groups is 1. The van der Waals surface area contributed by atoms with E-state index in [1.165, 1.54) is 12.1 Å². The molecule has 0 radical (unpaired) electrons. The predicted octanol–water partition coefficient (Wildman–Crippen LogP) is 2.96. The monoisotopic (exact) mass is 243 g/mol. The average molecular weight is 243 g/mol. The summed E-state index contributed by atoms with van der Waals surface area (Å²) in [5.41, 5.74) is 0.299. The van der Waals surface area contributed by atoms with Crippen LogP contribution in [0, 0.1) is 10.1 Å². The van der Waals surface area contributed by atoms with Crippen molar-refractivity contribution in [2.75, 3.05) is 0 Å². The highest BCUT2D eigenvalue weighted by atomic mass is 16.6. The van der Waals surface area contributed by atoms with Crippen molar-refractivity contribution in [1.82, 2.24) is 0 Å². The molecule has 18 heavy (non-hydrogen) atoms. The van der Waals surface area contributed by atoms with E-state index in [4.69, 9.17) is 5.11 Å². The zero-order chi connectivity index (χ0) is 13.1. The number of nitrogens with zero attached hydrogens (tertiary/aromatic N) is 1. The van der Waals surface area contributed by atoms with Crippen molar-refractivity contribution in [2.24, 2.45) is 0 Å². The molecular weight excluding hydrogens is 234 g/mol. The molecule has 0 fully saturated rings. The molecule has 0 aliphatic heterocycles. The summed E-state index contributed by atoms with van der Waals surface area (Å²) in [6.45, 7) is 0. The van der Waals surface area contributed by atoms with Gasteiger partial charge in [0.2, 0.25) is 0 Å². The van der Waals surface area contributed by atoms with Crippen LogP contribution in [0.5, 0.6) is 0 Å². The van der Waals surface area contributed by atoms with Gasteiger partial charge in [-0.25, -0.2) is 4.79 Å². The molecule has 0 aliphatic rings. The Labute approximate surface area is 102 Å². The number of rotatable bonds is 3. The summed E-state index contributed by atoms with van der Waals surface area (Å²) in [6, 6.07) is 13.0. The Bertz CT molecular complexity index is 608. The number of hydrogen-bond donors (Lipinski definition) is 1. The van der Waals surface area contributed by atoms with E-state index in [2.05, 4.69) is 0 Å². The average Bonchev–Trinajstić information content (AvgIpc) is 2.38. The summed E-state index contributed by atoms with van der Waals surface area (Å²) in [5.74, 6) is -1.30. The lowest BCUT2D eigenvalue weighted by Gasteiger charge is -2.06. The minimum Gasteiger partial charge on any atom is -0.477 e. The van der Waals surface area contributed by atoms with Gasteiger partial charge in [0.15, 0.2) is 0 Å². The molecule has 0 atom stereocenters. The Kier molecular flexibility index (Phi) is 3.05. The fourth-order valence-electron chi connectivity index (χ4n) is 1.78. The number of aromatic carboxylic acids is 1. The van der Waals surface area contributed by atoms with Crippen molar-refractivity contribution >= 4 is 11.7 Å². The molecular formula is C13H9NO4. The predicted molar refractivity (Wildman–Crippen MR) is 65.5 cm³/mol. The van der Waals surface area contributed by atoms with E-state index >= 15 is 0 Å². The molecule has 5 heteroatoms. The van der Waals surface area contributed by atoms with Gasteiger partial charge in [-0.3, -0.25) is 10.1 Å². The minimum atomic E-state index is -1.30. The van der Waals surface area contributed by atoms with Crippen LogP contribution in [0.2, 0.25) is 0 Å². The van der Waals surface area contributed by atoms with Crippen LogP contribution in [-0.2, 0) is 0 Å². The van der Waals surface area contributed by atoms with E-state index in [0.717, 1.165) is 0 Å². The van der Waals surface area contributed by atoms with Crippen LogP contribution >= 0.6 is 0 Å². The third-order valence-electron chi connectivity index (χ3n) is 2.54. The van der Waals surface area contributed by atoms with Crippen molar-refractivity contribution in [1.29, 1.82) is 0 Å². The van der Waals surface area contributed by atoms with Crippen molar-refractivity contribution < 1.29 is 14.8 Å². The maximum atomic E-state index is 11.2. The van der Waals surface area contributed by atoms with E-state index in [9.17, 15) is 14.9 Å².